The summed E-state index contributed by atoms with van der Waals surface area (Å²) < 4.78 is 6.77. The van der Waals surface area contributed by atoms with E-state index in [2.05, 4.69) is 24.2 Å². The topological polar surface area (TPSA) is 43.6 Å². The van der Waals surface area contributed by atoms with Gasteiger partial charge in [0.2, 0.25) is 0 Å². The van der Waals surface area contributed by atoms with E-state index < -0.39 is 0 Å². The number of hydrogen-bond acceptors (Lipinski definition) is 3. The molecule has 0 saturated carbocycles. The molecule has 0 spiro atoms. The van der Waals surface area contributed by atoms with Crippen LogP contribution < -0.4 is 0 Å². The van der Waals surface area contributed by atoms with Gasteiger partial charge in [0.15, 0.2) is 0 Å². The number of ether oxygens (including phenoxy) is 1. The maximum Gasteiger partial charge on any atom is 0.338 e. The average molecular weight is 280 g/mol. The Balaban J connectivity index is 2.00. The van der Waals surface area contributed by atoms with Crippen molar-refractivity contribution in [3.63, 3.8) is 0 Å². The van der Waals surface area contributed by atoms with Gasteiger partial charge in [0.1, 0.15) is 0 Å². The minimum absolute atomic E-state index is 0.307. The van der Waals surface area contributed by atoms with Gasteiger partial charge in [-0.3, -0.25) is 0 Å². The number of carbonyl (C=O) groups is 1. The van der Waals surface area contributed by atoms with E-state index in [0.29, 0.717) is 12.2 Å². The Morgan fingerprint density at radius 3 is 2.67 bits per heavy atom. The van der Waals surface area contributed by atoms with E-state index in [4.69, 9.17) is 4.74 Å². The van der Waals surface area contributed by atoms with Crippen LogP contribution in [-0.2, 0) is 4.74 Å². The van der Waals surface area contributed by atoms with Gasteiger partial charge in [-0.05, 0) is 32.0 Å². The number of carbonyl (C=O) groups excluding carboxylic acids is 1. The lowest BCUT2D eigenvalue weighted by atomic mass is 10.1. The van der Waals surface area contributed by atoms with Crippen LogP contribution in [0.3, 0.4) is 0 Å². The molecule has 1 aromatic carbocycles. The summed E-state index contributed by atoms with van der Waals surface area (Å²) in [6, 6.07) is 13.7. The van der Waals surface area contributed by atoms with Crippen molar-refractivity contribution in [1.29, 1.82) is 0 Å². The third-order valence-corrected chi connectivity index (χ3v) is 3.32. The third kappa shape index (κ3) is 2.65. The van der Waals surface area contributed by atoms with Gasteiger partial charge in [-0.2, -0.15) is 5.10 Å². The Morgan fingerprint density at radius 1 is 1.19 bits per heavy atom. The molecule has 0 amide bonds. The van der Waals surface area contributed by atoms with Gasteiger partial charge >= 0.3 is 5.97 Å². The van der Waals surface area contributed by atoms with Crippen molar-refractivity contribution >= 4 is 11.5 Å². The minimum atomic E-state index is -0.307. The Labute approximate surface area is 123 Å². The van der Waals surface area contributed by atoms with E-state index in [9.17, 15) is 4.79 Å². The molecule has 4 heteroatoms. The van der Waals surface area contributed by atoms with Gasteiger partial charge in [0.25, 0.3) is 0 Å². The predicted molar refractivity (Wildman–Crippen MR) is 81.3 cm³/mol. The second kappa shape index (κ2) is 5.40. The number of aromatic nitrogens is 2. The molecule has 106 valence electrons. The molecule has 2 heterocycles. The van der Waals surface area contributed by atoms with Crippen LogP contribution in [0.15, 0.2) is 48.7 Å². The zero-order chi connectivity index (χ0) is 14.8. The van der Waals surface area contributed by atoms with Crippen LogP contribution in [0.1, 0.15) is 22.8 Å². The highest BCUT2D eigenvalue weighted by Gasteiger charge is 2.09. The molecule has 0 radical (unpaired) electrons. The summed E-state index contributed by atoms with van der Waals surface area (Å²) in [5, 5.41) is 4.52. The standard InChI is InChI=1S/C17H16N2O2/c1-3-21-17(20)14-8-9-19-15(10-14)11-16(18-19)13-6-4-12(2)5-7-13/h4-11H,3H2,1-2H3. The highest BCUT2D eigenvalue weighted by atomic mass is 16.5. The molecule has 0 saturated heterocycles. The van der Waals surface area contributed by atoms with Crippen LogP contribution in [-0.4, -0.2) is 22.2 Å². The molecule has 21 heavy (non-hydrogen) atoms. The maximum atomic E-state index is 11.8. The molecule has 0 aliphatic carbocycles. The number of fused-ring (bicyclic) bond motifs is 1. The van der Waals surface area contributed by atoms with Gasteiger partial charge in [-0.1, -0.05) is 29.8 Å². The van der Waals surface area contributed by atoms with Crippen LogP contribution in [0.4, 0.5) is 0 Å². The summed E-state index contributed by atoms with van der Waals surface area (Å²) in [4.78, 5) is 11.8. The Kier molecular flexibility index (Phi) is 3.44. The quantitative estimate of drug-likeness (QED) is 0.690. The molecule has 0 bridgehead atoms. The fourth-order valence-electron chi connectivity index (χ4n) is 2.20. The molecular formula is C17H16N2O2. The van der Waals surface area contributed by atoms with Crippen molar-refractivity contribution in [2.75, 3.05) is 6.61 Å². The predicted octanol–water partition coefficient (Wildman–Crippen LogP) is 3.49. The first-order valence-electron chi connectivity index (χ1n) is 6.91. The smallest absolute Gasteiger partial charge is 0.338 e. The van der Waals surface area contributed by atoms with Crippen molar-refractivity contribution in [2.24, 2.45) is 0 Å². The summed E-state index contributed by atoms with van der Waals surface area (Å²) in [6.07, 6.45) is 1.78. The molecule has 0 fully saturated rings. The van der Waals surface area contributed by atoms with Crippen molar-refractivity contribution in [1.82, 2.24) is 9.61 Å². The molecule has 0 aliphatic rings. The molecule has 2 aromatic heterocycles. The number of rotatable bonds is 3. The fourth-order valence-corrected chi connectivity index (χ4v) is 2.20. The normalized spacial score (nSPS) is 10.8. The van der Waals surface area contributed by atoms with Gasteiger partial charge in [0.05, 0.1) is 23.4 Å². The first-order chi connectivity index (χ1) is 10.2. The zero-order valence-corrected chi connectivity index (χ0v) is 12.0. The number of nitrogens with zero attached hydrogens (tertiary/aromatic N) is 2. The van der Waals surface area contributed by atoms with Crippen LogP contribution in [0, 0.1) is 6.92 Å². The van der Waals surface area contributed by atoms with Crippen molar-refractivity contribution in [3.8, 4) is 11.3 Å². The highest BCUT2D eigenvalue weighted by Crippen LogP contribution is 2.21. The first-order valence-corrected chi connectivity index (χ1v) is 6.91. The molecule has 0 unspecified atom stereocenters. The molecule has 0 N–H and O–H groups in total. The van der Waals surface area contributed by atoms with E-state index in [1.165, 1.54) is 5.56 Å². The Bertz CT molecular complexity index is 788. The molecule has 3 rings (SSSR count). The maximum absolute atomic E-state index is 11.8. The summed E-state index contributed by atoms with van der Waals surface area (Å²) in [5.74, 6) is -0.307. The van der Waals surface area contributed by atoms with Crippen LogP contribution in [0.2, 0.25) is 0 Å². The van der Waals surface area contributed by atoms with E-state index in [0.717, 1.165) is 16.8 Å². The zero-order valence-electron chi connectivity index (χ0n) is 12.0. The molecule has 0 aliphatic heterocycles. The van der Waals surface area contributed by atoms with Crippen LogP contribution in [0.5, 0.6) is 0 Å². The summed E-state index contributed by atoms with van der Waals surface area (Å²) in [7, 11) is 0. The van der Waals surface area contributed by atoms with Gasteiger partial charge in [0, 0.05) is 11.8 Å². The Morgan fingerprint density at radius 2 is 1.95 bits per heavy atom. The summed E-state index contributed by atoms with van der Waals surface area (Å²) >= 11 is 0. The minimum Gasteiger partial charge on any atom is -0.462 e. The molecule has 3 aromatic rings. The highest BCUT2D eigenvalue weighted by molar-refractivity contribution is 5.90. The van der Waals surface area contributed by atoms with Crippen LogP contribution >= 0.6 is 0 Å². The van der Waals surface area contributed by atoms with Crippen molar-refractivity contribution in [3.05, 3.63) is 59.8 Å². The van der Waals surface area contributed by atoms with Crippen molar-refractivity contribution < 1.29 is 9.53 Å². The second-order valence-electron chi connectivity index (χ2n) is 4.90. The number of benzene rings is 1. The van der Waals surface area contributed by atoms with Gasteiger partial charge in [-0.15, -0.1) is 0 Å². The van der Waals surface area contributed by atoms with E-state index >= 15 is 0 Å². The molecule has 0 atom stereocenters. The summed E-state index contributed by atoms with van der Waals surface area (Å²) in [5.41, 5.74) is 4.57. The van der Waals surface area contributed by atoms with Crippen LogP contribution in [0.25, 0.3) is 16.8 Å². The number of pyridine rings is 1. The molecule has 4 nitrogen and oxygen atoms in total. The lowest BCUT2D eigenvalue weighted by molar-refractivity contribution is 0.0526. The van der Waals surface area contributed by atoms with E-state index in [-0.39, 0.29) is 5.97 Å². The van der Waals surface area contributed by atoms with E-state index in [1.54, 1.807) is 29.8 Å². The second-order valence-corrected chi connectivity index (χ2v) is 4.90. The SMILES string of the molecule is CCOC(=O)c1ccn2nc(-c3ccc(C)cc3)cc2c1. The van der Waals surface area contributed by atoms with Crippen molar-refractivity contribution in [2.45, 2.75) is 13.8 Å². The largest absolute Gasteiger partial charge is 0.462 e. The fraction of sp³-hybridized carbons (Fsp3) is 0.176. The molecular weight excluding hydrogens is 264 g/mol. The lowest BCUT2D eigenvalue weighted by Gasteiger charge is -2.01. The van der Waals surface area contributed by atoms with Gasteiger partial charge < -0.3 is 4.74 Å². The summed E-state index contributed by atoms with van der Waals surface area (Å²) in [6.45, 7) is 4.22. The first kappa shape index (κ1) is 13.4. The monoisotopic (exact) mass is 280 g/mol. The van der Waals surface area contributed by atoms with E-state index in [1.807, 2.05) is 18.2 Å². The third-order valence-electron chi connectivity index (χ3n) is 3.32. The number of esters is 1. The lowest BCUT2D eigenvalue weighted by Crippen LogP contribution is -2.05. The van der Waals surface area contributed by atoms with Gasteiger partial charge in [-0.25, -0.2) is 9.31 Å². The number of hydrogen-bond donors (Lipinski definition) is 0. The average Bonchev–Trinajstić information content (AvgIpc) is 2.91. The number of aryl methyl sites for hydroxylation is 1. The Hall–Kier alpha value is -2.62.